The molecule has 0 atom stereocenters. The minimum atomic E-state index is -3.83. The number of hydrogen-bond donors (Lipinski definition) is 1. The van der Waals surface area contributed by atoms with Crippen molar-refractivity contribution in [2.45, 2.75) is 42.7 Å². The van der Waals surface area contributed by atoms with Gasteiger partial charge in [-0.2, -0.15) is 0 Å². The number of sulfonamides is 1. The summed E-state index contributed by atoms with van der Waals surface area (Å²) in [5.41, 5.74) is 0. The highest BCUT2D eigenvalue weighted by Gasteiger charge is 2.33. The van der Waals surface area contributed by atoms with Crippen LogP contribution in [0.25, 0.3) is 0 Å². The van der Waals surface area contributed by atoms with E-state index in [-0.39, 0.29) is 16.0 Å². The van der Waals surface area contributed by atoms with Gasteiger partial charge in [0.2, 0.25) is 10.0 Å². The molecule has 0 aromatic heterocycles. The van der Waals surface area contributed by atoms with E-state index in [4.69, 9.17) is 11.6 Å². The molecule has 2 fully saturated rings. The number of hydrogen-bond acceptors (Lipinski definition) is 3. The summed E-state index contributed by atoms with van der Waals surface area (Å²) in [5.74, 6) is -0.814. The van der Waals surface area contributed by atoms with Crippen LogP contribution in [0, 0.1) is 5.82 Å². The van der Waals surface area contributed by atoms with Gasteiger partial charge in [0.15, 0.2) is 0 Å². The molecule has 1 aliphatic heterocycles. The van der Waals surface area contributed by atoms with Crippen molar-refractivity contribution in [2.75, 3.05) is 13.1 Å². The van der Waals surface area contributed by atoms with Crippen LogP contribution in [0.2, 0.25) is 5.02 Å². The van der Waals surface area contributed by atoms with Crippen LogP contribution in [0.5, 0.6) is 0 Å². The van der Waals surface area contributed by atoms with Crippen molar-refractivity contribution in [3.8, 4) is 0 Å². The summed E-state index contributed by atoms with van der Waals surface area (Å²) in [6.07, 6.45) is 4.05. The van der Waals surface area contributed by atoms with Crippen molar-refractivity contribution in [3.63, 3.8) is 0 Å². The van der Waals surface area contributed by atoms with Gasteiger partial charge in [-0.05, 0) is 57.0 Å². The Morgan fingerprint density at radius 2 is 1.86 bits per heavy atom. The fourth-order valence-electron chi connectivity index (χ4n) is 2.80. The fourth-order valence-corrected chi connectivity index (χ4v) is 4.32. The summed E-state index contributed by atoms with van der Waals surface area (Å²) in [5, 5.41) is 0.184. The highest BCUT2D eigenvalue weighted by atomic mass is 35.5. The molecule has 116 valence electrons. The minimum absolute atomic E-state index is 0.125. The summed E-state index contributed by atoms with van der Waals surface area (Å²) >= 11 is 5.65. The number of nitrogens with zero attached hydrogens (tertiary/aromatic N) is 1. The van der Waals surface area contributed by atoms with E-state index < -0.39 is 15.8 Å². The molecule has 1 saturated carbocycles. The van der Waals surface area contributed by atoms with E-state index in [0.717, 1.165) is 32.0 Å². The summed E-state index contributed by atoms with van der Waals surface area (Å²) < 4.78 is 40.9. The van der Waals surface area contributed by atoms with Gasteiger partial charge in [-0.25, -0.2) is 17.5 Å². The van der Waals surface area contributed by atoms with Gasteiger partial charge in [0.1, 0.15) is 10.7 Å². The summed E-state index contributed by atoms with van der Waals surface area (Å²) in [4.78, 5) is 2.07. The van der Waals surface area contributed by atoms with E-state index >= 15 is 0 Å². The van der Waals surface area contributed by atoms with Gasteiger partial charge in [-0.1, -0.05) is 11.6 Å². The SMILES string of the molecule is O=S(=O)(NC1CCN(C2CC2)CC1)c1ccc(Cl)cc1F. The largest absolute Gasteiger partial charge is 0.300 e. The molecule has 21 heavy (non-hydrogen) atoms. The molecule has 0 amide bonds. The number of nitrogens with one attached hydrogen (secondary N) is 1. The molecule has 1 aromatic rings. The highest BCUT2D eigenvalue weighted by molar-refractivity contribution is 7.89. The van der Waals surface area contributed by atoms with E-state index in [2.05, 4.69) is 9.62 Å². The zero-order valence-electron chi connectivity index (χ0n) is 11.6. The molecule has 1 N–H and O–H groups in total. The zero-order chi connectivity index (χ0) is 15.0. The lowest BCUT2D eigenvalue weighted by Gasteiger charge is -2.32. The van der Waals surface area contributed by atoms with Crippen molar-refractivity contribution < 1.29 is 12.8 Å². The van der Waals surface area contributed by atoms with Crippen molar-refractivity contribution in [2.24, 2.45) is 0 Å². The van der Waals surface area contributed by atoms with E-state index in [0.29, 0.717) is 6.04 Å². The van der Waals surface area contributed by atoms with Crippen molar-refractivity contribution in [1.82, 2.24) is 9.62 Å². The monoisotopic (exact) mass is 332 g/mol. The third-order valence-corrected chi connectivity index (χ3v) is 5.89. The fraction of sp³-hybridized carbons (Fsp3) is 0.571. The third-order valence-electron chi connectivity index (χ3n) is 4.10. The summed E-state index contributed by atoms with van der Waals surface area (Å²) in [6, 6.07) is 4.19. The Bertz CT molecular complexity index is 626. The van der Waals surface area contributed by atoms with Gasteiger partial charge in [0, 0.05) is 17.1 Å². The topological polar surface area (TPSA) is 49.4 Å². The maximum Gasteiger partial charge on any atom is 0.243 e. The second-order valence-electron chi connectivity index (χ2n) is 5.74. The second kappa shape index (κ2) is 5.83. The molecule has 2 aliphatic rings. The van der Waals surface area contributed by atoms with Gasteiger partial charge in [0.25, 0.3) is 0 Å². The molecule has 1 aliphatic carbocycles. The molecule has 1 aromatic carbocycles. The first-order valence-electron chi connectivity index (χ1n) is 7.17. The number of halogens is 2. The Hall–Kier alpha value is -0.690. The molecule has 7 heteroatoms. The van der Waals surface area contributed by atoms with E-state index in [9.17, 15) is 12.8 Å². The van der Waals surface area contributed by atoms with Crippen molar-refractivity contribution >= 4 is 21.6 Å². The van der Waals surface area contributed by atoms with Gasteiger partial charge in [0.05, 0.1) is 0 Å². The lowest BCUT2D eigenvalue weighted by molar-refractivity contribution is 0.199. The quantitative estimate of drug-likeness (QED) is 0.921. The normalized spacial score (nSPS) is 21.6. The Morgan fingerprint density at radius 1 is 1.19 bits per heavy atom. The van der Waals surface area contributed by atoms with Gasteiger partial charge >= 0.3 is 0 Å². The number of piperidine rings is 1. The molecule has 0 radical (unpaired) electrons. The highest BCUT2D eigenvalue weighted by Crippen LogP contribution is 2.29. The van der Waals surface area contributed by atoms with Crippen LogP contribution >= 0.6 is 11.6 Å². The van der Waals surface area contributed by atoms with Crippen LogP contribution in [0.15, 0.2) is 23.1 Å². The maximum atomic E-state index is 13.8. The standard InChI is InChI=1S/C14H18ClFN2O2S/c15-10-1-4-14(13(16)9-10)21(19,20)17-11-5-7-18(8-6-11)12-2-3-12/h1,4,9,11-12,17H,2-3,5-8H2. The Kier molecular flexibility index (Phi) is 4.23. The van der Waals surface area contributed by atoms with E-state index in [1.165, 1.54) is 25.0 Å². The predicted octanol–water partition coefficient (Wildman–Crippen LogP) is 2.38. The van der Waals surface area contributed by atoms with Gasteiger partial charge in [-0.15, -0.1) is 0 Å². The Labute approximate surface area is 129 Å². The Balaban J connectivity index is 1.66. The van der Waals surface area contributed by atoms with Crippen molar-refractivity contribution in [1.29, 1.82) is 0 Å². The molecule has 1 heterocycles. The molecular weight excluding hydrogens is 315 g/mol. The van der Waals surface area contributed by atoms with E-state index in [1.807, 2.05) is 0 Å². The average Bonchev–Trinajstić information content (AvgIpc) is 3.23. The predicted molar refractivity (Wildman–Crippen MR) is 79.3 cm³/mol. The molecule has 1 saturated heterocycles. The van der Waals surface area contributed by atoms with Gasteiger partial charge in [-0.3, -0.25) is 0 Å². The van der Waals surface area contributed by atoms with Crippen LogP contribution in [0.4, 0.5) is 4.39 Å². The third kappa shape index (κ3) is 3.56. The number of likely N-dealkylation sites (tertiary alicyclic amines) is 1. The molecule has 0 spiro atoms. The first-order chi connectivity index (χ1) is 9.95. The zero-order valence-corrected chi connectivity index (χ0v) is 13.1. The van der Waals surface area contributed by atoms with Crippen LogP contribution in [-0.2, 0) is 10.0 Å². The smallest absolute Gasteiger partial charge is 0.243 e. The van der Waals surface area contributed by atoms with E-state index in [1.54, 1.807) is 0 Å². The van der Waals surface area contributed by atoms with Crippen molar-refractivity contribution in [3.05, 3.63) is 29.0 Å². The summed E-state index contributed by atoms with van der Waals surface area (Å²) in [6.45, 7) is 1.81. The molecule has 3 rings (SSSR count). The lowest BCUT2D eigenvalue weighted by Crippen LogP contribution is -2.45. The maximum absolute atomic E-state index is 13.8. The minimum Gasteiger partial charge on any atom is -0.300 e. The number of benzene rings is 1. The molecule has 0 unspecified atom stereocenters. The average molecular weight is 333 g/mol. The van der Waals surface area contributed by atoms with Crippen LogP contribution in [0.3, 0.4) is 0 Å². The molecular formula is C14H18ClFN2O2S. The summed E-state index contributed by atoms with van der Waals surface area (Å²) in [7, 11) is -3.83. The lowest BCUT2D eigenvalue weighted by atomic mass is 10.1. The first-order valence-corrected chi connectivity index (χ1v) is 9.03. The second-order valence-corrected chi connectivity index (χ2v) is 7.86. The van der Waals surface area contributed by atoms with Crippen LogP contribution < -0.4 is 4.72 Å². The molecule has 4 nitrogen and oxygen atoms in total. The van der Waals surface area contributed by atoms with Crippen LogP contribution in [-0.4, -0.2) is 38.5 Å². The first kappa shape index (κ1) is 15.2. The Morgan fingerprint density at radius 3 is 2.43 bits per heavy atom. The number of rotatable bonds is 4. The molecule has 0 bridgehead atoms. The van der Waals surface area contributed by atoms with Crippen LogP contribution in [0.1, 0.15) is 25.7 Å². The van der Waals surface area contributed by atoms with Gasteiger partial charge < -0.3 is 4.90 Å².